The van der Waals surface area contributed by atoms with E-state index in [4.69, 9.17) is 4.74 Å². The van der Waals surface area contributed by atoms with Crippen LogP contribution in [0.3, 0.4) is 0 Å². The first-order chi connectivity index (χ1) is 12.8. The van der Waals surface area contributed by atoms with Crippen LogP contribution >= 0.6 is 0 Å². The maximum atomic E-state index is 12.7. The Morgan fingerprint density at radius 1 is 1.12 bits per heavy atom. The molecule has 4 rings (SSSR count). The fraction of sp³-hybridized carbons (Fsp3) is 0.143. The highest BCUT2D eigenvalue weighted by Gasteiger charge is 2.21. The molecular weight excluding hydrogens is 326 g/mol. The number of methoxy groups -OCH3 is 1. The first-order valence-electron chi connectivity index (χ1n) is 8.51. The molecule has 1 amide bonds. The van der Waals surface area contributed by atoms with Crippen molar-refractivity contribution in [2.75, 3.05) is 23.9 Å². The minimum atomic E-state index is -0.212. The number of carbonyl (C=O) groups excluding carboxylic acids is 1. The first kappa shape index (κ1) is 16.1. The predicted molar refractivity (Wildman–Crippen MR) is 102 cm³/mol. The summed E-state index contributed by atoms with van der Waals surface area (Å²) in [5.41, 5.74) is 4.56. The molecule has 3 aromatic rings. The number of para-hydroxylation sites is 3. The summed E-state index contributed by atoms with van der Waals surface area (Å²) in [5, 5.41) is 2.89. The largest absolute Gasteiger partial charge is 0.495 e. The van der Waals surface area contributed by atoms with Crippen molar-refractivity contribution in [1.29, 1.82) is 0 Å². The van der Waals surface area contributed by atoms with E-state index in [1.165, 1.54) is 11.3 Å². The van der Waals surface area contributed by atoms with Crippen molar-refractivity contribution in [1.82, 2.24) is 4.98 Å². The fourth-order valence-electron chi connectivity index (χ4n) is 3.25. The van der Waals surface area contributed by atoms with E-state index in [0.717, 1.165) is 18.7 Å². The van der Waals surface area contributed by atoms with Crippen LogP contribution in [0.25, 0.3) is 0 Å². The molecule has 0 atom stereocenters. The third-order valence-corrected chi connectivity index (χ3v) is 4.54. The number of hydrogen-bond donors (Lipinski definition) is 1. The average Bonchev–Trinajstić information content (AvgIpc) is 3.12. The van der Waals surface area contributed by atoms with E-state index in [1.807, 2.05) is 36.4 Å². The molecule has 0 bridgehead atoms. The molecule has 26 heavy (non-hydrogen) atoms. The molecular formula is C21H19N3O2. The van der Waals surface area contributed by atoms with Crippen molar-refractivity contribution in [2.45, 2.75) is 6.42 Å². The Morgan fingerprint density at radius 3 is 2.81 bits per heavy atom. The molecule has 1 aromatic heterocycles. The second kappa shape index (κ2) is 6.88. The van der Waals surface area contributed by atoms with Crippen molar-refractivity contribution < 1.29 is 9.53 Å². The van der Waals surface area contributed by atoms with Crippen LogP contribution in [0.5, 0.6) is 5.75 Å². The van der Waals surface area contributed by atoms with E-state index in [9.17, 15) is 4.79 Å². The molecule has 0 spiro atoms. The van der Waals surface area contributed by atoms with Crippen LogP contribution < -0.4 is 15.0 Å². The van der Waals surface area contributed by atoms with Gasteiger partial charge in [0.05, 0.1) is 30.2 Å². The molecule has 1 N–H and O–H groups in total. The molecule has 1 aliphatic rings. The number of rotatable bonds is 4. The van der Waals surface area contributed by atoms with E-state index >= 15 is 0 Å². The predicted octanol–water partition coefficient (Wildman–Crippen LogP) is 4.04. The molecule has 5 nitrogen and oxygen atoms in total. The molecule has 130 valence electrons. The van der Waals surface area contributed by atoms with Crippen molar-refractivity contribution >= 4 is 23.0 Å². The standard InChI is InChI=1S/C21H19N3O2/c1-26-20-9-5-3-7-18(20)23-21(25)16-12-17(14-22-13-16)24-11-10-15-6-2-4-8-19(15)24/h2-9,12-14H,10-11H2,1H3,(H,23,25). The summed E-state index contributed by atoms with van der Waals surface area (Å²) in [6.07, 6.45) is 4.37. The molecule has 1 aliphatic heterocycles. The van der Waals surface area contributed by atoms with Gasteiger partial charge in [-0.15, -0.1) is 0 Å². The lowest BCUT2D eigenvalue weighted by Crippen LogP contribution is -2.16. The molecule has 0 aliphatic carbocycles. The number of hydrogen-bond acceptors (Lipinski definition) is 4. The van der Waals surface area contributed by atoms with E-state index in [0.29, 0.717) is 17.0 Å². The molecule has 2 heterocycles. The highest BCUT2D eigenvalue weighted by atomic mass is 16.5. The normalized spacial score (nSPS) is 12.6. The van der Waals surface area contributed by atoms with E-state index in [-0.39, 0.29) is 5.91 Å². The number of amides is 1. The maximum Gasteiger partial charge on any atom is 0.257 e. The van der Waals surface area contributed by atoms with E-state index < -0.39 is 0 Å². The Balaban J connectivity index is 1.59. The van der Waals surface area contributed by atoms with E-state index in [1.54, 1.807) is 19.5 Å². The zero-order valence-electron chi connectivity index (χ0n) is 14.5. The summed E-state index contributed by atoms with van der Waals surface area (Å²) in [4.78, 5) is 19.1. The van der Waals surface area contributed by atoms with Gasteiger partial charge in [-0.3, -0.25) is 9.78 Å². The minimum Gasteiger partial charge on any atom is -0.495 e. The van der Waals surface area contributed by atoms with Crippen LogP contribution in [-0.2, 0) is 6.42 Å². The van der Waals surface area contributed by atoms with Crippen LogP contribution in [-0.4, -0.2) is 24.5 Å². The third-order valence-electron chi connectivity index (χ3n) is 4.54. The number of pyridine rings is 1. The van der Waals surface area contributed by atoms with Gasteiger partial charge in [-0.05, 0) is 36.2 Å². The van der Waals surface area contributed by atoms with Gasteiger partial charge in [-0.1, -0.05) is 30.3 Å². The third kappa shape index (κ3) is 2.99. The molecule has 0 saturated carbocycles. The number of nitrogens with one attached hydrogen (secondary N) is 1. The highest BCUT2D eigenvalue weighted by molar-refractivity contribution is 6.05. The van der Waals surface area contributed by atoms with Gasteiger partial charge in [0, 0.05) is 18.4 Å². The number of nitrogens with zero attached hydrogens (tertiary/aromatic N) is 2. The zero-order valence-corrected chi connectivity index (χ0v) is 14.5. The summed E-state index contributed by atoms with van der Waals surface area (Å²) in [6, 6.07) is 17.5. The molecule has 0 unspecified atom stereocenters. The second-order valence-electron chi connectivity index (χ2n) is 6.12. The van der Waals surface area contributed by atoms with Crippen LogP contribution in [0, 0.1) is 0 Å². The summed E-state index contributed by atoms with van der Waals surface area (Å²) in [7, 11) is 1.58. The lowest BCUT2D eigenvalue weighted by Gasteiger charge is -2.19. The van der Waals surface area contributed by atoms with Gasteiger partial charge >= 0.3 is 0 Å². The lowest BCUT2D eigenvalue weighted by atomic mass is 10.2. The summed E-state index contributed by atoms with van der Waals surface area (Å²) in [5.74, 6) is 0.412. The van der Waals surface area contributed by atoms with Gasteiger partial charge in [0.15, 0.2) is 0 Å². The minimum absolute atomic E-state index is 0.212. The number of anilines is 3. The van der Waals surface area contributed by atoms with Gasteiger partial charge in [0.1, 0.15) is 5.75 Å². The van der Waals surface area contributed by atoms with Crippen LogP contribution in [0.1, 0.15) is 15.9 Å². The van der Waals surface area contributed by atoms with Gasteiger partial charge < -0.3 is 15.0 Å². The Morgan fingerprint density at radius 2 is 1.92 bits per heavy atom. The average molecular weight is 345 g/mol. The van der Waals surface area contributed by atoms with Crippen LogP contribution in [0.2, 0.25) is 0 Å². The highest BCUT2D eigenvalue weighted by Crippen LogP contribution is 2.34. The van der Waals surface area contributed by atoms with Crippen molar-refractivity contribution in [3.05, 3.63) is 78.1 Å². The van der Waals surface area contributed by atoms with Crippen LogP contribution in [0.15, 0.2) is 67.0 Å². The van der Waals surface area contributed by atoms with Gasteiger partial charge in [-0.2, -0.15) is 0 Å². The smallest absolute Gasteiger partial charge is 0.257 e. The quantitative estimate of drug-likeness (QED) is 0.775. The lowest BCUT2D eigenvalue weighted by molar-refractivity contribution is 0.102. The Hall–Kier alpha value is -3.34. The van der Waals surface area contributed by atoms with Crippen molar-refractivity contribution in [3.63, 3.8) is 0 Å². The fourth-order valence-corrected chi connectivity index (χ4v) is 3.25. The number of fused-ring (bicyclic) bond motifs is 1. The number of carbonyl (C=O) groups is 1. The molecule has 0 radical (unpaired) electrons. The SMILES string of the molecule is COc1ccccc1NC(=O)c1cncc(N2CCc3ccccc32)c1. The summed E-state index contributed by atoms with van der Waals surface area (Å²) in [6.45, 7) is 0.888. The van der Waals surface area contributed by atoms with Gasteiger partial charge in [0.25, 0.3) is 5.91 Å². The van der Waals surface area contributed by atoms with Crippen LogP contribution in [0.4, 0.5) is 17.1 Å². The Labute approximate surface area is 152 Å². The first-order valence-corrected chi connectivity index (χ1v) is 8.51. The summed E-state index contributed by atoms with van der Waals surface area (Å²) >= 11 is 0. The van der Waals surface area contributed by atoms with Crippen molar-refractivity contribution in [2.24, 2.45) is 0 Å². The molecule has 0 saturated heterocycles. The Bertz CT molecular complexity index is 955. The molecule has 5 heteroatoms. The van der Waals surface area contributed by atoms with Gasteiger partial charge in [-0.25, -0.2) is 0 Å². The molecule has 2 aromatic carbocycles. The summed E-state index contributed by atoms with van der Waals surface area (Å²) < 4.78 is 5.29. The Kier molecular flexibility index (Phi) is 4.27. The zero-order chi connectivity index (χ0) is 17.9. The monoisotopic (exact) mass is 345 g/mol. The number of ether oxygens (including phenoxy) is 1. The number of benzene rings is 2. The number of aromatic nitrogens is 1. The second-order valence-corrected chi connectivity index (χ2v) is 6.12. The molecule has 0 fully saturated rings. The van der Waals surface area contributed by atoms with Gasteiger partial charge in [0.2, 0.25) is 0 Å². The maximum absolute atomic E-state index is 12.7. The van der Waals surface area contributed by atoms with E-state index in [2.05, 4.69) is 33.4 Å². The topological polar surface area (TPSA) is 54.5 Å². The van der Waals surface area contributed by atoms with Crippen molar-refractivity contribution in [3.8, 4) is 5.75 Å².